The molecule has 2 heterocycles. The summed E-state index contributed by atoms with van der Waals surface area (Å²) in [6.07, 6.45) is 2.89. The molecule has 2 aromatic heterocycles. The molecule has 146 valence electrons. The largest absolute Gasteiger partial charge is 0.495 e. The second-order valence-corrected chi connectivity index (χ2v) is 8.47. The summed E-state index contributed by atoms with van der Waals surface area (Å²) in [5.74, 6) is 0.747. The minimum atomic E-state index is -0.380. The van der Waals surface area contributed by atoms with Gasteiger partial charge in [-0.1, -0.05) is 23.7 Å². The van der Waals surface area contributed by atoms with Crippen LogP contribution in [-0.2, 0) is 24.2 Å². The Labute approximate surface area is 170 Å². The smallest absolute Gasteiger partial charge is 0.279 e. The lowest BCUT2D eigenvalue weighted by Crippen LogP contribution is -2.30. The van der Waals surface area contributed by atoms with Crippen molar-refractivity contribution >= 4 is 44.7 Å². The van der Waals surface area contributed by atoms with Crippen molar-refractivity contribution in [3.05, 3.63) is 44.0 Å². The number of benzene rings is 1. The van der Waals surface area contributed by atoms with E-state index in [-0.39, 0.29) is 18.0 Å². The van der Waals surface area contributed by atoms with Gasteiger partial charge in [-0.3, -0.25) is 9.59 Å². The van der Waals surface area contributed by atoms with Gasteiger partial charge in [0.25, 0.3) is 5.56 Å². The number of methoxy groups -OCH3 is 1. The minimum absolute atomic E-state index is 0.216. The number of hydrogen-bond acceptors (Lipinski definition) is 6. The number of aryl methyl sites for hydroxylation is 1. The van der Waals surface area contributed by atoms with Crippen molar-refractivity contribution in [2.75, 3.05) is 12.4 Å². The van der Waals surface area contributed by atoms with Crippen LogP contribution in [0.2, 0.25) is 5.02 Å². The van der Waals surface area contributed by atoms with Gasteiger partial charge in [-0.25, -0.2) is 4.68 Å². The summed E-state index contributed by atoms with van der Waals surface area (Å²) < 4.78 is 6.21. The zero-order valence-corrected chi connectivity index (χ0v) is 17.1. The van der Waals surface area contributed by atoms with Gasteiger partial charge in [0.2, 0.25) is 5.91 Å². The molecule has 0 aliphatic heterocycles. The molecule has 0 saturated carbocycles. The highest BCUT2D eigenvalue weighted by Gasteiger charge is 2.24. The number of carbonyl (C=O) groups is 1. The first-order chi connectivity index (χ1) is 13.5. The Morgan fingerprint density at radius 3 is 3.04 bits per heavy atom. The molecular formula is C19H19ClN4O3S. The number of ether oxygens (including phenoxy) is 1. The predicted molar refractivity (Wildman–Crippen MR) is 109 cm³/mol. The molecule has 1 N–H and O–H groups in total. The van der Waals surface area contributed by atoms with Crippen molar-refractivity contribution in [2.45, 2.75) is 32.7 Å². The molecule has 0 fully saturated rings. The van der Waals surface area contributed by atoms with Gasteiger partial charge < -0.3 is 10.1 Å². The number of fused-ring (bicyclic) bond motifs is 3. The van der Waals surface area contributed by atoms with Crippen LogP contribution in [0.15, 0.2) is 23.0 Å². The summed E-state index contributed by atoms with van der Waals surface area (Å²) in [5, 5.41) is 11.9. The van der Waals surface area contributed by atoms with Crippen molar-refractivity contribution < 1.29 is 9.53 Å². The second kappa shape index (κ2) is 7.52. The number of rotatable bonds is 4. The second-order valence-electron chi connectivity index (χ2n) is 6.98. The normalized spacial score (nSPS) is 16.0. The monoisotopic (exact) mass is 418 g/mol. The number of amides is 1. The molecule has 1 aromatic carbocycles. The van der Waals surface area contributed by atoms with E-state index in [1.165, 1.54) is 23.3 Å². The zero-order chi connectivity index (χ0) is 19.8. The van der Waals surface area contributed by atoms with Gasteiger partial charge in [-0.05, 0) is 48.9 Å². The quantitative estimate of drug-likeness (QED) is 0.702. The van der Waals surface area contributed by atoms with Crippen LogP contribution in [0, 0.1) is 5.92 Å². The van der Waals surface area contributed by atoms with Crippen molar-refractivity contribution in [2.24, 2.45) is 5.92 Å². The summed E-state index contributed by atoms with van der Waals surface area (Å²) in [7, 11) is 1.52. The maximum absolute atomic E-state index is 12.9. The van der Waals surface area contributed by atoms with Crippen molar-refractivity contribution in [1.82, 2.24) is 15.0 Å². The third kappa shape index (κ3) is 3.49. The summed E-state index contributed by atoms with van der Waals surface area (Å²) in [5.41, 5.74) is 1.33. The molecule has 1 atom stereocenters. The topological polar surface area (TPSA) is 86.1 Å². The number of nitrogens with zero attached hydrogens (tertiary/aromatic N) is 3. The van der Waals surface area contributed by atoms with Crippen LogP contribution in [0.4, 0.5) is 5.69 Å². The Balaban J connectivity index is 1.58. The summed E-state index contributed by atoms with van der Waals surface area (Å²) >= 11 is 7.62. The molecule has 0 spiro atoms. The third-order valence-corrected chi connectivity index (χ3v) is 6.35. The average molecular weight is 419 g/mol. The van der Waals surface area contributed by atoms with E-state index >= 15 is 0 Å². The lowest BCUT2D eigenvalue weighted by atomic mass is 9.89. The predicted octanol–water partition coefficient (Wildman–Crippen LogP) is 3.28. The molecule has 1 aliphatic rings. The maximum atomic E-state index is 12.9. The number of aromatic nitrogens is 3. The van der Waals surface area contributed by atoms with E-state index in [2.05, 4.69) is 22.6 Å². The van der Waals surface area contributed by atoms with E-state index in [1.807, 2.05) is 0 Å². The van der Waals surface area contributed by atoms with Gasteiger partial charge in [0, 0.05) is 10.6 Å². The fourth-order valence-electron chi connectivity index (χ4n) is 3.48. The number of halogens is 1. The fourth-order valence-corrected chi connectivity index (χ4v) is 5.05. The van der Waals surface area contributed by atoms with Crippen LogP contribution in [0.25, 0.3) is 10.2 Å². The van der Waals surface area contributed by atoms with Crippen LogP contribution in [0.1, 0.15) is 23.8 Å². The first kappa shape index (κ1) is 18.9. The molecule has 0 saturated heterocycles. The van der Waals surface area contributed by atoms with Crippen LogP contribution >= 0.6 is 22.9 Å². The fraction of sp³-hybridized carbons (Fsp3) is 0.368. The standard InChI is InChI=1S/C19H19ClN4O3S/c1-10-3-5-12-15(7-10)28-18-17(12)19(26)24(23-22-18)9-16(25)21-11-4-6-14(27-2)13(20)8-11/h4,6,8,10H,3,5,7,9H2,1-2H3,(H,21,25). The molecule has 1 amide bonds. The summed E-state index contributed by atoms with van der Waals surface area (Å²) in [6.45, 7) is 2.00. The third-order valence-electron chi connectivity index (χ3n) is 4.91. The highest BCUT2D eigenvalue weighted by atomic mass is 35.5. The van der Waals surface area contributed by atoms with E-state index in [1.54, 1.807) is 18.2 Å². The van der Waals surface area contributed by atoms with Gasteiger partial charge in [-0.15, -0.1) is 16.4 Å². The van der Waals surface area contributed by atoms with Crippen LogP contribution in [-0.4, -0.2) is 28.0 Å². The van der Waals surface area contributed by atoms with Gasteiger partial charge in [0.15, 0.2) is 4.83 Å². The first-order valence-corrected chi connectivity index (χ1v) is 10.2. The maximum Gasteiger partial charge on any atom is 0.279 e. The molecule has 7 nitrogen and oxygen atoms in total. The molecule has 4 rings (SSSR count). The average Bonchev–Trinajstić information content (AvgIpc) is 3.02. The lowest BCUT2D eigenvalue weighted by molar-refractivity contribution is -0.117. The highest BCUT2D eigenvalue weighted by molar-refractivity contribution is 7.18. The van der Waals surface area contributed by atoms with Crippen LogP contribution < -0.4 is 15.6 Å². The number of thiophene rings is 1. The Kier molecular flexibility index (Phi) is 5.07. The molecule has 1 unspecified atom stereocenters. The minimum Gasteiger partial charge on any atom is -0.495 e. The Morgan fingerprint density at radius 2 is 2.29 bits per heavy atom. The van der Waals surface area contributed by atoms with E-state index in [0.717, 1.165) is 29.5 Å². The van der Waals surface area contributed by atoms with Gasteiger partial charge in [-0.2, -0.15) is 0 Å². The molecular weight excluding hydrogens is 400 g/mol. The van der Waals surface area contributed by atoms with Gasteiger partial charge in [0.1, 0.15) is 12.3 Å². The van der Waals surface area contributed by atoms with E-state index in [9.17, 15) is 9.59 Å². The Hall–Kier alpha value is -2.45. The molecule has 1 aliphatic carbocycles. The number of carbonyl (C=O) groups excluding carboxylic acids is 1. The van der Waals surface area contributed by atoms with Crippen LogP contribution in [0.5, 0.6) is 5.75 Å². The van der Waals surface area contributed by atoms with E-state index < -0.39 is 0 Å². The number of nitrogens with one attached hydrogen (secondary N) is 1. The van der Waals surface area contributed by atoms with Gasteiger partial charge in [0.05, 0.1) is 17.5 Å². The molecule has 28 heavy (non-hydrogen) atoms. The van der Waals surface area contributed by atoms with Crippen LogP contribution in [0.3, 0.4) is 0 Å². The molecule has 3 aromatic rings. The molecule has 0 radical (unpaired) electrons. The molecule has 0 bridgehead atoms. The number of hydrogen-bond donors (Lipinski definition) is 1. The molecule has 9 heteroatoms. The summed E-state index contributed by atoms with van der Waals surface area (Å²) in [4.78, 5) is 27.2. The van der Waals surface area contributed by atoms with Gasteiger partial charge >= 0.3 is 0 Å². The highest BCUT2D eigenvalue weighted by Crippen LogP contribution is 2.35. The van der Waals surface area contributed by atoms with Crippen molar-refractivity contribution in [3.8, 4) is 5.75 Å². The Bertz CT molecular complexity index is 1120. The SMILES string of the molecule is COc1ccc(NC(=O)Cn2nnc3sc4c(c3c2=O)CCC(C)C4)cc1Cl. The van der Waals surface area contributed by atoms with Crippen molar-refractivity contribution in [3.63, 3.8) is 0 Å². The first-order valence-electron chi connectivity index (χ1n) is 8.97. The lowest BCUT2D eigenvalue weighted by Gasteiger charge is -2.17. The Morgan fingerprint density at radius 1 is 1.46 bits per heavy atom. The van der Waals surface area contributed by atoms with E-state index in [0.29, 0.717) is 32.6 Å². The zero-order valence-electron chi connectivity index (χ0n) is 15.5. The van der Waals surface area contributed by atoms with Crippen molar-refractivity contribution in [1.29, 1.82) is 0 Å². The number of anilines is 1. The van der Waals surface area contributed by atoms with E-state index in [4.69, 9.17) is 16.3 Å². The summed E-state index contributed by atoms with van der Waals surface area (Å²) in [6, 6.07) is 4.93.